The van der Waals surface area contributed by atoms with E-state index in [9.17, 15) is 9.59 Å². The van der Waals surface area contributed by atoms with Gasteiger partial charge in [-0.15, -0.1) is 0 Å². The lowest BCUT2D eigenvalue weighted by Gasteiger charge is -2.44. The number of furan rings is 1. The van der Waals surface area contributed by atoms with Crippen molar-refractivity contribution in [1.29, 1.82) is 0 Å². The summed E-state index contributed by atoms with van der Waals surface area (Å²) in [7, 11) is 0. The standard InChI is InChI=1S/C26H29ClN4O3/c1-26(25(33)28-20-6-3-2-4-7-20)17-31-22(16-21(29-31)23-8-5-15-34-23)24(32)30(26)14-13-18-9-11-19(27)12-10-18/h5,8-12,15-16,20H,2-4,6-7,13-14,17H2,1H3,(H,28,33)/t26-/m0/s1. The molecule has 0 unspecified atom stereocenters. The Morgan fingerprint density at radius 3 is 2.68 bits per heavy atom. The van der Waals surface area contributed by atoms with E-state index in [1.807, 2.05) is 37.3 Å². The summed E-state index contributed by atoms with van der Waals surface area (Å²) in [6, 6.07) is 13.1. The fraction of sp³-hybridized carbons (Fsp3) is 0.423. The van der Waals surface area contributed by atoms with Crippen LogP contribution in [0, 0.1) is 0 Å². The lowest BCUT2D eigenvalue weighted by molar-refractivity contribution is -0.134. The van der Waals surface area contributed by atoms with Gasteiger partial charge in [-0.1, -0.05) is 43.0 Å². The monoisotopic (exact) mass is 480 g/mol. The number of amides is 2. The number of fused-ring (bicyclic) bond motifs is 1. The Morgan fingerprint density at radius 1 is 1.21 bits per heavy atom. The molecule has 8 heteroatoms. The van der Waals surface area contributed by atoms with Crippen molar-refractivity contribution in [2.45, 2.75) is 63.6 Å². The smallest absolute Gasteiger partial charge is 0.273 e. The van der Waals surface area contributed by atoms with Crippen molar-refractivity contribution in [3.8, 4) is 11.5 Å². The number of halogens is 1. The molecule has 3 heterocycles. The van der Waals surface area contributed by atoms with Crippen LogP contribution in [0.5, 0.6) is 0 Å². The zero-order chi connectivity index (χ0) is 23.7. The Bertz CT molecular complexity index is 1170. The molecule has 1 fully saturated rings. The summed E-state index contributed by atoms with van der Waals surface area (Å²) in [4.78, 5) is 29.1. The summed E-state index contributed by atoms with van der Waals surface area (Å²) in [5.74, 6) is 0.271. The molecule has 178 valence electrons. The third kappa shape index (κ3) is 4.37. The molecule has 0 bridgehead atoms. The lowest BCUT2D eigenvalue weighted by atomic mass is 9.91. The van der Waals surface area contributed by atoms with Gasteiger partial charge in [0.05, 0.1) is 12.8 Å². The fourth-order valence-corrected chi connectivity index (χ4v) is 5.14. The molecule has 0 saturated heterocycles. The van der Waals surface area contributed by atoms with E-state index in [4.69, 9.17) is 16.0 Å². The van der Waals surface area contributed by atoms with Gasteiger partial charge in [-0.2, -0.15) is 5.10 Å². The van der Waals surface area contributed by atoms with Gasteiger partial charge in [-0.25, -0.2) is 0 Å². The summed E-state index contributed by atoms with van der Waals surface area (Å²) in [5.41, 5.74) is 1.05. The van der Waals surface area contributed by atoms with E-state index in [2.05, 4.69) is 10.4 Å². The first kappa shape index (κ1) is 22.7. The van der Waals surface area contributed by atoms with E-state index in [0.29, 0.717) is 35.1 Å². The maximum Gasteiger partial charge on any atom is 0.273 e. The normalized spacial score (nSPS) is 20.9. The molecule has 1 aliphatic carbocycles. The van der Waals surface area contributed by atoms with Gasteiger partial charge in [0.1, 0.15) is 16.9 Å². The Labute approximate surface area is 204 Å². The summed E-state index contributed by atoms with van der Waals surface area (Å²) in [5, 5.41) is 8.52. The summed E-state index contributed by atoms with van der Waals surface area (Å²) >= 11 is 6.03. The number of rotatable bonds is 6. The number of aromatic nitrogens is 2. The van der Waals surface area contributed by atoms with Crippen molar-refractivity contribution in [3.05, 3.63) is 65.0 Å². The highest BCUT2D eigenvalue weighted by molar-refractivity contribution is 6.30. The zero-order valence-corrected chi connectivity index (χ0v) is 20.1. The highest BCUT2D eigenvalue weighted by Crippen LogP contribution is 2.31. The van der Waals surface area contributed by atoms with Crippen LogP contribution in [0.15, 0.2) is 53.1 Å². The van der Waals surface area contributed by atoms with E-state index < -0.39 is 5.54 Å². The van der Waals surface area contributed by atoms with Crippen molar-refractivity contribution in [3.63, 3.8) is 0 Å². The van der Waals surface area contributed by atoms with Gasteiger partial charge >= 0.3 is 0 Å². The number of hydrogen-bond acceptors (Lipinski definition) is 4. The third-order valence-corrected chi connectivity index (χ3v) is 7.29. The van der Waals surface area contributed by atoms with Gasteiger partial charge in [0, 0.05) is 23.7 Å². The molecule has 1 N–H and O–H groups in total. The number of nitrogens with zero attached hydrogens (tertiary/aromatic N) is 3. The van der Waals surface area contributed by atoms with Gasteiger partial charge in [0.25, 0.3) is 5.91 Å². The molecule has 34 heavy (non-hydrogen) atoms. The van der Waals surface area contributed by atoms with Crippen LogP contribution in [-0.4, -0.2) is 44.6 Å². The van der Waals surface area contributed by atoms with E-state index in [0.717, 1.165) is 31.2 Å². The molecule has 2 amide bonds. The SMILES string of the molecule is C[C@@]1(C(=O)NC2CCCCC2)Cn2nc(-c3ccco3)cc2C(=O)N1CCc1ccc(Cl)cc1. The van der Waals surface area contributed by atoms with Gasteiger partial charge in [0.15, 0.2) is 5.76 Å². The molecule has 1 aromatic carbocycles. The Morgan fingerprint density at radius 2 is 1.97 bits per heavy atom. The van der Waals surface area contributed by atoms with Crippen LogP contribution >= 0.6 is 11.6 Å². The average Bonchev–Trinajstić information content (AvgIpc) is 3.51. The molecule has 1 saturated carbocycles. The van der Waals surface area contributed by atoms with Gasteiger partial charge in [0.2, 0.25) is 5.91 Å². The molecule has 7 nitrogen and oxygen atoms in total. The maximum absolute atomic E-state index is 13.7. The minimum atomic E-state index is -1.06. The predicted octanol–water partition coefficient (Wildman–Crippen LogP) is 4.70. The highest BCUT2D eigenvalue weighted by Gasteiger charge is 2.48. The first-order chi connectivity index (χ1) is 16.4. The van der Waals surface area contributed by atoms with Crippen LogP contribution in [0.4, 0.5) is 0 Å². The van der Waals surface area contributed by atoms with Crippen molar-refractivity contribution >= 4 is 23.4 Å². The van der Waals surface area contributed by atoms with Crippen molar-refractivity contribution in [2.75, 3.05) is 6.54 Å². The molecule has 2 aromatic heterocycles. The molecule has 3 aromatic rings. The number of carbonyl (C=O) groups excluding carboxylic acids is 2. The quantitative estimate of drug-likeness (QED) is 0.554. The van der Waals surface area contributed by atoms with Crippen molar-refractivity contribution in [1.82, 2.24) is 20.0 Å². The zero-order valence-electron chi connectivity index (χ0n) is 19.3. The van der Waals surface area contributed by atoms with Crippen LogP contribution in [0.2, 0.25) is 5.02 Å². The largest absolute Gasteiger partial charge is 0.463 e. The Hall–Kier alpha value is -3.06. The molecule has 5 rings (SSSR count). The number of benzene rings is 1. The van der Waals surface area contributed by atoms with E-state index >= 15 is 0 Å². The molecular weight excluding hydrogens is 452 g/mol. The molecule has 0 radical (unpaired) electrons. The molecule has 2 aliphatic rings. The van der Waals surface area contributed by atoms with Crippen LogP contribution in [-0.2, 0) is 17.8 Å². The van der Waals surface area contributed by atoms with E-state index in [1.165, 1.54) is 6.42 Å². The second kappa shape index (κ2) is 9.29. The van der Waals surface area contributed by atoms with Crippen LogP contribution in [0.1, 0.15) is 55.1 Å². The molecule has 0 spiro atoms. The fourth-order valence-electron chi connectivity index (χ4n) is 5.02. The maximum atomic E-state index is 13.7. The van der Waals surface area contributed by atoms with Gasteiger partial charge < -0.3 is 14.6 Å². The summed E-state index contributed by atoms with van der Waals surface area (Å²) < 4.78 is 7.14. The Balaban J connectivity index is 1.45. The van der Waals surface area contributed by atoms with Crippen molar-refractivity contribution in [2.24, 2.45) is 0 Å². The number of carbonyl (C=O) groups is 2. The Kier molecular flexibility index (Phi) is 6.21. The average molecular weight is 481 g/mol. The topological polar surface area (TPSA) is 80.4 Å². The first-order valence-corrected chi connectivity index (χ1v) is 12.3. The second-order valence-electron chi connectivity index (χ2n) is 9.47. The first-order valence-electron chi connectivity index (χ1n) is 11.9. The predicted molar refractivity (Wildman–Crippen MR) is 130 cm³/mol. The molecular formula is C26H29ClN4O3. The summed E-state index contributed by atoms with van der Waals surface area (Å²) in [6.45, 7) is 2.55. The summed E-state index contributed by atoms with van der Waals surface area (Å²) in [6.07, 6.45) is 7.62. The van der Waals surface area contributed by atoms with Gasteiger partial charge in [-0.05, 0) is 56.0 Å². The highest BCUT2D eigenvalue weighted by atomic mass is 35.5. The van der Waals surface area contributed by atoms with Crippen LogP contribution < -0.4 is 5.32 Å². The molecule has 1 aliphatic heterocycles. The number of nitrogens with one attached hydrogen (secondary N) is 1. The van der Waals surface area contributed by atoms with Crippen molar-refractivity contribution < 1.29 is 14.0 Å². The number of hydrogen-bond donors (Lipinski definition) is 1. The minimum absolute atomic E-state index is 0.121. The van der Waals surface area contributed by atoms with E-state index in [1.54, 1.807) is 28.0 Å². The van der Waals surface area contributed by atoms with Gasteiger partial charge in [-0.3, -0.25) is 14.3 Å². The van der Waals surface area contributed by atoms with E-state index in [-0.39, 0.29) is 24.4 Å². The third-order valence-electron chi connectivity index (χ3n) is 7.04. The molecule has 1 atom stereocenters. The minimum Gasteiger partial charge on any atom is -0.463 e. The van der Waals surface area contributed by atoms with Crippen LogP contribution in [0.3, 0.4) is 0 Å². The second-order valence-corrected chi connectivity index (χ2v) is 9.90. The lowest BCUT2D eigenvalue weighted by Crippen LogP contribution is -2.65. The van der Waals surface area contributed by atoms with Crippen LogP contribution in [0.25, 0.3) is 11.5 Å².